The highest BCUT2D eigenvalue weighted by molar-refractivity contribution is 5.69. The molecule has 1 aromatic rings. The summed E-state index contributed by atoms with van der Waals surface area (Å²) in [4.78, 5) is 14.2. The van der Waals surface area contributed by atoms with Crippen LogP contribution >= 0.6 is 0 Å². The summed E-state index contributed by atoms with van der Waals surface area (Å²) in [7, 11) is 3.02. The third-order valence-corrected chi connectivity index (χ3v) is 6.69. The molecule has 3 rings (SSSR count). The van der Waals surface area contributed by atoms with Crippen LogP contribution in [0.1, 0.15) is 64.5 Å². The van der Waals surface area contributed by atoms with Crippen molar-refractivity contribution in [3.63, 3.8) is 0 Å². The first-order valence-corrected chi connectivity index (χ1v) is 10.1. The molecule has 0 bridgehead atoms. The monoisotopic (exact) mass is 391 g/mol. The van der Waals surface area contributed by atoms with Gasteiger partial charge in [0.25, 0.3) is 0 Å². The van der Waals surface area contributed by atoms with Crippen molar-refractivity contribution in [1.82, 2.24) is 4.90 Å². The molecule has 2 fully saturated rings. The quantitative estimate of drug-likeness (QED) is 0.810. The molecule has 1 saturated carbocycles. The van der Waals surface area contributed by atoms with Crippen molar-refractivity contribution in [2.45, 2.75) is 70.6 Å². The van der Waals surface area contributed by atoms with Crippen LogP contribution in [0.4, 0.5) is 4.79 Å². The Morgan fingerprint density at radius 3 is 2.46 bits per heavy atom. The van der Waals surface area contributed by atoms with Gasteiger partial charge in [-0.25, -0.2) is 4.79 Å². The van der Waals surface area contributed by atoms with E-state index in [2.05, 4.69) is 0 Å². The van der Waals surface area contributed by atoms with Crippen LogP contribution in [0.25, 0.3) is 0 Å². The number of benzene rings is 1. The van der Waals surface area contributed by atoms with Crippen molar-refractivity contribution in [3.05, 3.63) is 23.8 Å². The van der Waals surface area contributed by atoms with Gasteiger partial charge in [0.2, 0.25) is 0 Å². The second kappa shape index (κ2) is 7.82. The molecule has 6 heteroatoms. The summed E-state index contributed by atoms with van der Waals surface area (Å²) in [6.07, 6.45) is 4.96. The maximum absolute atomic E-state index is 12.5. The highest BCUT2D eigenvalue weighted by atomic mass is 16.5. The fraction of sp³-hybridized carbons (Fsp3) is 0.682. The van der Waals surface area contributed by atoms with Gasteiger partial charge in [0.15, 0.2) is 11.5 Å². The number of amides is 1. The fourth-order valence-electron chi connectivity index (χ4n) is 4.61. The minimum Gasteiger partial charge on any atom is -0.493 e. The van der Waals surface area contributed by atoms with Crippen molar-refractivity contribution >= 4 is 6.09 Å². The van der Waals surface area contributed by atoms with Crippen LogP contribution in [0.2, 0.25) is 0 Å². The second-order valence-corrected chi connectivity index (χ2v) is 8.73. The predicted molar refractivity (Wildman–Crippen MR) is 107 cm³/mol. The van der Waals surface area contributed by atoms with Gasteiger partial charge in [0.05, 0.1) is 32.0 Å². The molecule has 0 aromatic heterocycles. The number of carbonyl (C=O) groups excluding carboxylic acids is 1. The summed E-state index contributed by atoms with van der Waals surface area (Å²) >= 11 is 0. The van der Waals surface area contributed by atoms with Crippen molar-refractivity contribution in [2.24, 2.45) is 5.41 Å². The first-order chi connectivity index (χ1) is 13.2. The van der Waals surface area contributed by atoms with Crippen LogP contribution < -0.4 is 9.47 Å². The highest BCUT2D eigenvalue weighted by Crippen LogP contribution is 2.54. The molecule has 1 N–H and O–H groups in total. The third kappa shape index (κ3) is 3.66. The zero-order valence-electron chi connectivity index (χ0n) is 17.7. The van der Waals surface area contributed by atoms with E-state index in [0.717, 1.165) is 18.4 Å². The number of methoxy groups -OCH3 is 2. The first-order valence-electron chi connectivity index (χ1n) is 10.1. The number of nitrogens with zero attached hydrogens (tertiary/aromatic N) is 1. The summed E-state index contributed by atoms with van der Waals surface area (Å²) in [6.45, 7) is 6.17. The standard InChI is InChI=1S/C22H33NO5/c1-21(2,25)22(3)12-13-23(20(24)27-5)19(22)15-10-11-17(26-4)18(14-15)28-16-8-6-7-9-16/h10-11,14,16,19,25H,6-9,12-13H2,1-5H3. The zero-order valence-corrected chi connectivity index (χ0v) is 17.7. The molecule has 0 spiro atoms. The number of hydrogen-bond acceptors (Lipinski definition) is 5. The molecule has 1 amide bonds. The summed E-state index contributed by atoms with van der Waals surface area (Å²) in [5, 5.41) is 10.9. The highest BCUT2D eigenvalue weighted by Gasteiger charge is 2.54. The molecule has 2 aliphatic rings. The molecular weight excluding hydrogens is 358 g/mol. The Labute approximate surface area is 167 Å². The van der Waals surface area contributed by atoms with Gasteiger partial charge < -0.3 is 24.2 Å². The molecule has 2 unspecified atom stereocenters. The summed E-state index contributed by atoms with van der Waals surface area (Å²) in [5.74, 6) is 1.38. The van der Waals surface area contributed by atoms with Gasteiger partial charge in [0.1, 0.15) is 0 Å². The van der Waals surface area contributed by atoms with Crippen LogP contribution in [0.3, 0.4) is 0 Å². The maximum Gasteiger partial charge on any atom is 0.410 e. The maximum atomic E-state index is 12.5. The second-order valence-electron chi connectivity index (χ2n) is 8.73. The van der Waals surface area contributed by atoms with Crippen LogP contribution in [0, 0.1) is 5.41 Å². The van der Waals surface area contributed by atoms with Gasteiger partial charge in [-0.05, 0) is 63.6 Å². The molecule has 6 nitrogen and oxygen atoms in total. The third-order valence-electron chi connectivity index (χ3n) is 6.69. The lowest BCUT2D eigenvalue weighted by Gasteiger charge is -2.43. The van der Waals surface area contributed by atoms with Crippen molar-refractivity contribution in [3.8, 4) is 11.5 Å². The number of ether oxygens (including phenoxy) is 3. The van der Waals surface area contributed by atoms with Crippen LogP contribution in [-0.4, -0.2) is 48.6 Å². The Morgan fingerprint density at radius 1 is 1.21 bits per heavy atom. The molecule has 1 aliphatic heterocycles. The molecule has 1 aromatic carbocycles. The number of carbonyl (C=O) groups is 1. The van der Waals surface area contributed by atoms with Gasteiger partial charge in [0, 0.05) is 12.0 Å². The van der Waals surface area contributed by atoms with Crippen LogP contribution in [0.5, 0.6) is 11.5 Å². The van der Waals surface area contributed by atoms with Crippen LogP contribution in [0.15, 0.2) is 18.2 Å². The van der Waals surface area contributed by atoms with Gasteiger partial charge >= 0.3 is 6.09 Å². The van der Waals surface area contributed by atoms with E-state index >= 15 is 0 Å². The molecular formula is C22H33NO5. The number of aliphatic hydroxyl groups is 1. The first kappa shape index (κ1) is 20.8. The van der Waals surface area contributed by atoms with E-state index in [-0.39, 0.29) is 18.2 Å². The van der Waals surface area contributed by atoms with Crippen molar-refractivity contribution in [2.75, 3.05) is 20.8 Å². The average molecular weight is 392 g/mol. The Hall–Kier alpha value is -1.95. The Morgan fingerprint density at radius 2 is 1.89 bits per heavy atom. The zero-order chi connectivity index (χ0) is 20.5. The van der Waals surface area contributed by atoms with E-state index in [1.807, 2.05) is 25.1 Å². The van der Waals surface area contributed by atoms with Gasteiger partial charge in [-0.15, -0.1) is 0 Å². The van der Waals surface area contributed by atoms with E-state index in [4.69, 9.17) is 14.2 Å². The molecule has 1 aliphatic carbocycles. The Kier molecular flexibility index (Phi) is 5.80. The largest absolute Gasteiger partial charge is 0.493 e. The fourth-order valence-corrected chi connectivity index (χ4v) is 4.61. The molecule has 1 heterocycles. The van der Waals surface area contributed by atoms with Gasteiger partial charge in [-0.2, -0.15) is 0 Å². The van der Waals surface area contributed by atoms with E-state index < -0.39 is 11.0 Å². The average Bonchev–Trinajstić information content (AvgIpc) is 3.28. The summed E-state index contributed by atoms with van der Waals surface area (Å²) in [5.41, 5.74) is -0.589. The lowest BCUT2D eigenvalue weighted by Crippen LogP contribution is -2.46. The predicted octanol–water partition coefficient (Wildman–Crippen LogP) is 4.31. The Bertz CT molecular complexity index is 707. The smallest absolute Gasteiger partial charge is 0.410 e. The lowest BCUT2D eigenvalue weighted by molar-refractivity contribution is -0.0631. The van der Waals surface area contributed by atoms with E-state index in [1.54, 1.807) is 25.9 Å². The van der Waals surface area contributed by atoms with E-state index in [0.29, 0.717) is 24.5 Å². The van der Waals surface area contributed by atoms with Crippen molar-refractivity contribution in [1.29, 1.82) is 0 Å². The minimum absolute atomic E-state index is 0.199. The lowest BCUT2D eigenvalue weighted by atomic mass is 9.68. The molecule has 2 atom stereocenters. The number of hydrogen-bond donors (Lipinski definition) is 1. The van der Waals surface area contributed by atoms with Gasteiger partial charge in [-0.1, -0.05) is 13.0 Å². The van der Waals surface area contributed by atoms with Crippen LogP contribution in [-0.2, 0) is 4.74 Å². The normalized spacial score (nSPS) is 25.8. The number of likely N-dealkylation sites (tertiary alicyclic amines) is 1. The van der Waals surface area contributed by atoms with Gasteiger partial charge in [-0.3, -0.25) is 0 Å². The molecule has 0 radical (unpaired) electrons. The van der Waals surface area contributed by atoms with Crippen molar-refractivity contribution < 1.29 is 24.1 Å². The topological polar surface area (TPSA) is 68.2 Å². The summed E-state index contributed by atoms with van der Waals surface area (Å²) in [6, 6.07) is 5.48. The number of rotatable bonds is 5. The molecule has 28 heavy (non-hydrogen) atoms. The molecule has 1 saturated heterocycles. The molecule has 156 valence electrons. The van der Waals surface area contributed by atoms with E-state index in [9.17, 15) is 9.90 Å². The van der Waals surface area contributed by atoms with E-state index in [1.165, 1.54) is 20.0 Å². The summed E-state index contributed by atoms with van der Waals surface area (Å²) < 4.78 is 16.8. The Balaban J connectivity index is 2.02. The SMILES string of the molecule is COC(=O)N1CCC(C)(C(C)(C)O)C1c1ccc(OC)c(OC2CCCC2)c1. The minimum atomic E-state index is -0.979.